The zero-order valence-electron chi connectivity index (χ0n) is 13.0. The molecule has 0 aromatic heterocycles. The number of nitrogens with one attached hydrogen (secondary N) is 1. The van der Waals surface area contributed by atoms with Crippen molar-refractivity contribution in [1.82, 2.24) is 4.90 Å². The van der Waals surface area contributed by atoms with Crippen molar-refractivity contribution in [3.05, 3.63) is 29.8 Å². The van der Waals surface area contributed by atoms with Crippen LogP contribution in [0.15, 0.2) is 24.3 Å². The van der Waals surface area contributed by atoms with Gasteiger partial charge in [-0.25, -0.2) is 0 Å². The third-order valence-corrected chi connectivity index (χ3v) is 4.34. The monoisotopic (exact) mass is 290 g/mol. The number of anilines is 1. The molecule has 2 rings (SSSR count). The second-order valence-electron chi connectivity index (χ2n) is 6.56. The van der Waals surface area contributed by atoms with Crippen LogP contribution >= 0.6 is 12.2 Å². The fourth-order valence-electron chi connectivity index (χ4n) is 2.98. The molecule has 0 amide bonds. The molecule has 0 spiro atoms. The first-order valence-electron chi connectivity index (χ1n) is 7.61. The Morgan fingerprint density at radius 3 is 2.20 bits per heavy atom. The van der Waals surface area contributed by atoms with Gasteiger partial charge in [0.1, 0.15) is 0 Å². The summed E-state index contributed by atoms with van der Waals surface area (Å²) in [6.07, 6.45) is 1.31. The Bertz CT molecular complexity index is 443. The van der Waals surface area contributed by atoms with Gasteiger partial charge in [-0.3, -0.25) is 0 Å². The minimum absolute atomic E-state index is 0.569. The molecule has 1 aromatic carbocycles. The summed E-state index contributed by atoms with van der Waals surface area (Å²) < 4.78 is 0. The van der Waals surface area contributed by atoms with Gasteiger partial charge >= 0.3 is 0 Å². The second-order valence-corrected chi connectivity index (χ2v) is 6.94. The van der Waals surface area contributed by atoms with Crippen molar-refractivity contribution in [3.8, 4) is 0 Å². The van der Waals surface area contributed by atoms with Crippen LogP contribution in [0, 0.1) is 11.8 Å². The lowest BCUT2D eigenvalue weighted by atomic mass is 9.92. The molecule has 20 heavy (non-hydrogen) atoms. The Balaban J connectivity index is 1.97. The third kappa shape index (κ3) is 3.95. The van der Waals surface area contributed by atoms with Crippen LogP contribution in [-0.4, -0.2) is 23.1 Å². The number of benzene rings is 1. The van der Waals surface area contributed by atoms with E-state index < -0.39 is 0 Å². The molecule has 0 bridgehead atoms. The summed E-state index contributed by atoms with van der Waals surface area (Å²) in [7, 11) is 0. The highest BCUT2D eigenvalue weighted by atomic mass is 32.1. The van der Waals surface area contributed by atoms with E-state index in [2.05, 4.69) is 62.2 Å². The van der Waals surface area contributed by atoms with E-state index in [4.69, 9.17) is 12.2 Å². The van der Waals surface area contributed by atoms with Crippen molar-refractivity contribution in [3.63, 3.8) is 0 Å². The molecule has 1 N–H and O–H groups in total. The van der Waals surface area contributed by atoms with Gasteiger partial charge in [0.05, 0.1) is 0 Å². The second kappa shape index (κ2) is 6.57. The van der Waals surface area contributed by atoms with Crippen LogP contribution in [0.5, 0.6) is 0 Å². The van der Waals surface area contributed by atoms with Gasteiger partial charge in [0, 0.05) is 18.8 Å². The van der Waals surface area contributed by atoms with Crippen molar-refractivity contribution in [1.29, 1.82) is 0 Å². The normalized spacial score (nSPS) is 22.9. The van der Waals surface area contributed by atoms with Gasteiger partial charge in [-0.15, -0.1) is 0 Å². The number of thiocarbonyl (C=S) groups is 1. The summed E-state index contributed by atoms with van der Waals surface area (Å²) in [4.78, 5) is 2.31. The van der Waals surface area contributed by atoms with E-state index >= 15 is 0 Å². The zero-order chi connectivity index (χ0) is 14.7. The van der Waals surface area contributed by atoms with Gasteiger partial charge in [0.15, 0.2) is 5.11 Å². The molecule has 2 unspecified atom stereocenters. The Kier molecular flexibility index (Phi) is 5.03. The summed E-state index contributed by atoms with van der Waals surface area (Å²) in [5, 5.41) is 4.24. The lowest BCUT2D eigenvalue weighted by Crippen LogP contribution is -2.44. The largest absolute Gasteiger partial charge is 0.348 e. The fourth-order valence-corrected chi connectivity index (χ4v) is 3.25. The standard InChI is InChI=1S/C17H26N2S/c1-12(2)15-5-7-16(8-6-15)18-17(20)19-10-13(3)9-14(4)11-19/h5-8,12-14H,9-11H2,1-4H3,(H,18,20). The highest BCUT2D eigenvalue weighted by Crippen LogP contribution is 2.22. The van der Waals surface area contributed by atoms with Crippen LogP contribution in [0.25, 0.3) is 0 Å². The fraction of sp³-hybridized carbons (Fsp3) is 0.588. The maximum Gasteiger partial charge on any atom is 0.173 e. The minimum atomic E-state index is 0.569. The molecule has 3 heteroatoms. The number of likely N-dealkylation sites (tertiary alicyclic amines) is 1. The topological polar surface area (TPSA) is 15.3 Å². The van der Waals surface area contributed by atoms with Gasteiger partial charge in [-0.1, -0.05) is 39.8 Å². The van der Waals surface area contributed by atoms with Crippen molar-refractivity contribution < 1.29 is 0 Å². The number of hydrogen-bond donors (Lipinski definition) is 1. The van der Waals surface area contributed by atoms with E-state index in [1.807, 2.05) is 0 Å². The highest BCUT2D eigenvalue weighted by Gasteiger charge is 2.23. The van der Waals surface area contributed by atoms with Gasteiger partial charge < -0.3 is 10.2 Å². The average molecular weight is 290 g/mol. The van der Waals surface area contributed by atoms with E-state index in [0.717, 1.165) is 35.7 Å². The molecule has 1 aromatic rings. The number of rotatable bonds is 2. The Hall–Kier alpha value is -1.09. The van der Waals surface area contributed by atoms with Crippen LogP contribution in [0.4, 0.5) is 5.69 Å². The van der Waals surface area contributed by atoms with Crippen molar-refractivity contribution in [2.24, 2.45) is 11.8 Å². The molecule has 110 valence electrons. The Labute approximate surface area is 128 Å². The number of hydrogen-bond acceptors (Lipinski definition) is 1. The molecule has 1 aliphatic heterocycles. The maximum atomic E-state index is 5.56. The first-order chi connectivity index (χ1) is 9.45. The predicted octanol–water partition coefficient (Wildman–Crippen LogP) is 4.48. The quantitative estimate of drug-likeness (QED) is 0.808. The summed E-state index contributed by atoms with van der Waals surface area (Å²) in [5.41, 5.74) is 2.45. The van der Waals surface area contributed by atoms with Crippen molar-refractivity contribution >= 4 is 23.0 Å². The van der Waals surface area contributed by atoms with E-state index in [1.165, 1.54) is 12.0 Å². The molecule has 1 aliphatic rings. The van der Waals surface area contributed by atoms with Crippen LogP contribution in [-0.2, 0) is 0 Å². The van der Waals surface area contributed by atoms with Crippen molar-refractivity contribution in [2.45, 2.75) is 40.0 Å². The van der Waals surface area contributed by atoms with Crippen LogP contribution in [0.1, 0.15) is 45.6 Å². The smallest absolute Gasteiger partial charge is 0.173 e. The molecule has 2 atom stereocenters. The molecule has 1 heterocycles. The SMILES string of the molecule is CC1CC(C)CN(C(=S)Nc2ccc(C(C)C)cc2)C1. The Morgan fingerprint density at radius 2 is 1.70 bits per heavy atom. The Morgan fingerprint density at radius 1 is 1.15 bits per heavy atom. The molecule has 0 radical (unpaired) electrons. The van der Waals surface area contributed by atoms with Crippen molar-refractivity contribution in [2.75, 3.05) is 18.4 Å². The number of piperidine rings is 1. The molecule has 1 saturated heterocycles. The number of nitrogens with zero attached hydrogens (tertiary/aromatic N) is 1. The molecule has 0 saturated carbocycles. The van der Waals surface area contributed by atoms with E-state index in [9.17, 15) is 0 Å². The highest BCUT2D eigenvalue weighted by molar-refractivity contribution is 7.80. The van der Waals surface area contributed by atoms with Gasteiger partial charge in [-0.05, 0) is 54.1 Å². The summed E-state index contributed by atoms with van der Waals surface area (Å²) in [6.45, 7) is 11.2. The lowest BCUT2D eigenvalue weighted by molar-refractivity contribution is 0.216. The predicted molar refractivity (Wildman–Crippen MR) is 91.3 cm³/mol. The first kappa shape index (κ1) is 15.3. The molecular weight excluding hydrogens is 264 g/mol. The summed E-state index contributed by atoms with van der Waals surface area (Å²) >= 11 is 5.56. The summed E-state index contributed by atoms with van der Waals surface area (Å²) in [5.74, 6) is 2.02. The van der Waals surface area contributed by atoms with E-state index in [0.29, 0.717) is 5.92 Å². The zero-order valence-corrected chi connectivity index (χ0v) is 13.8. The van der Waals surface area contributed by atoms with Crippen LogP contribution < -0.4 is 5.32 Å². The molecule has 1 fully saturated rings. The maximum absolute atomic E-state index is 5.56. The first-order valence-corrected chi connectivity index (χ1v) is 8.02. The van der Waals surface area contributed by atoms with Gasteiger partial charge in [-0.2, -0.15) is 0 Å². The minimum Gasteiger partial charge on any atom is -0.348 e. The lowest BCUT2D eigenvalue weighted by Gasteiger charge is -2.36. The summed E-state index contributed by atoms with van der Waals surface area (Å²) in [6, 6.07) is 8.60. The van der Waals surface area contributed by atoms with E-state index in [-0.39, 0.29) is 0 Å². The van der Waals surface area contributed by atoms with Crippen LogP contribution in [0.2, 0.25) is 0 Å². The van der Waals surface area contributed by atoms with Gasteiger partial charge in [0.2, 0.25) is 0 Å². The molecule has 2 nitrogen and oxygen atoms in total. The molecule has 0 aliphatic carbocycles. The molecular formula is C17H26N2S. The average Bonchev–Trinajstić information content (AvgIpc) is 2.38. The van der Waals surface area contributed by atoms with Crippen LogP contribution in [0.3, 0.4) is 0 Å². The third-order valence-electron chi connectivity index (χ3n) is 3.98. The van der Waals surface area contributed by atoms with Gasteiger partial charge in [0.25, 0.3) is 0 Å². The van der Waals surface area contributed by atoms with E-state index in [1.54, 1.807) is 0 Å².